The van der Waals surface area contributed by atoms with Crippen LogP contribution < -0.4 is 5.73 Å². The minimum Gasteiger partial charge on any atom is -0.399 e. The van der Waals surface area contributed by atoms with Crippen LogP contribution in [-0.2, 0) is 13.0 Å². The second-order valence-electron chi connectivity index (χ2n) is 4.43. The number of hydrogen-bond acceptors (Lipinski definition) is 3. The van der Waals surface area contributed by atoms with E-state index in [4.69, 9.17) is 5.73 Å². The molecule has 0 aliphatic heterocycles. The summed E-state index contributed by atoms with van der Waals surface area (Å²) in [6, 6.07) is 7.35. The molecule has 1 aromatic carbocycles. The van der Waals surface area contributed by atoms with Crippen molar-refractivity contribution in [2.75, 3.05) is 5.73 Å². The quantitative estimate of drug-likeness (QED) is 0.793. The number of aliphatic hydroxyl groups excluding tert-OH is 1. The van der Waals surface area contributed by atoms with Crippen molar-refractivity contribution in [3.8, 4) is 0 Å². The maximum absolute atomic E-state index is 10.2. The van der Waals surface area contributed by atoms with Crippen LogP contribution >= 0.6 is 0 Å². The van der Waals surface area contributed by atoms with Crippen LogP contribution in [0.3, 0.4) is 0 Å². The zero-order chi connectivity index (χ0) is 13.0. The van der Waals surface area contributed by atoms with Gasteiger partial charge in [-0.2, -0.15) is 0 Å². The topological polar surface area (TPSA) is 64.1 Å². The fraction of sp³-hybridized carbons (Fsp3) is 0.357. The molecule has 0 aliphatic carbocycles. The van der Waals surface area contributed by atoms with Crippen LogP contribution in [0.15, 0.2) is 36.7 Å². The zero-order valence-electron chi connectivity index (χ0n) is 10.6. The van der Waals surface area contributed by atoms with Crippen LogP contribution in [0.4, 0.5) is 5.69 Å². The third-order valence-corrected chi connectivity index (χ3v) is 2.94. The second-order valence-corrected chi connectivity index (χ2v) is 4.43. The van der Waals surface area contributed by atoms with Gasteiger partial charge in [-0.1, -0.05) is 19.1 Å². The van der Waals surface area contributed by atoms with Gasteiger partial charge in [0.05, 0.1) is 6.10 Å². The molecule has 0 saturated carbocycles. The molecule has 4 heteroatoms. The van der Waals surface area contributed by atoms with Gasteiger partial charge in [0.25, 0.3) is 0 Å². The lowest BCUT2D eigenvalue weighted by molar-refractivity contribution is 0.174. The van der Waals surface area contributed by atoms with Gasteiger partial charge in [0, 0.05) is 31.0 Å². The van der Waals surface area contributed by atoms with Crippen molar-refractivity contribution in [3.05, 3.63) is 48.0 Å². The third kappa shape index (κ3) is 2.90. The lowest BCUT2D eigenvalue weighted by Gasteiger charge is -2.12. The predicted molar refractivity (Wildman–Crippen MR) is 72.0 cm³/mol. The van der Waals surface area contributed by atoms with Gasteiger partial charge in [0.1, 0.15) is 5.82 Å². The van der Waals surface area contributed by atoms with Crippen LogP contribution in [0, 0.1) is 0 Å². The van der Waals surface area contributed by atoms with E-state index in [0.29, 0.717) is 12.1 Å². The number of aliphatic hydroxyl groups is 1. The number of aromatic nitrogens is 2. The van der Waals surface area contributed by atoms with Crippen LogP contribution in [0.2, 0.25) is 0 Å². The molecule has 0 spiro atoms. The van der Waals surface area contributed by atoms with E-state index in [0.717, 1.165) is 24.4 Å². The lowest BCUT2D eigenvalue weighted by Crippen LogP contribution is -2.09. The molecular weight excluding hydrogens is 226 g/mol. The Labute approximate surface area is 107 Å². The maximum atomic E-state index is 10.2. The summed E-state index contributed by atoms with van der Waals surface area (Å²) in [5.41, 5.74) is 7.22. The Morgan fingerprint density at radius 3 is 3.00 bits per heavy atom. The van der Waals surface area contributed by atoms with Crippen LogP contribution in [0.1, 0.15) is 30.8 Å². The number of nitrogens with zero attached hydrogens (tertiary/aromatic N) is 2. The van der Waals surface area contributed by atoms with Gasteiger partial charge in [-0.25, -0.2) is 4.98 Å². The van der Waals surface area contributed by atoms with E-state index in [1.807, 2.05) is 24.4 Å². The normalized spacial score (nSPS) is 12.6. The van der Waals surface area contributed by atoms with Gasteiger partial charge in [0.15, 0.2) is 0 Å². The van der Waals surface area contributed by atoms with Crippen LogP contribution in [0.5, 0.6) is 0 Å². The van der Waals surface area contributed by atoms with Gasteiger partial charge < -0.3 is 15.4 Å². The van der Waals surface area contributed by atoms with Crippen molar-refractivity contribution in [2.45, 2.75) is 32.4 Å². The Morgan fingerprint density at radius 2 is 2.28 bits per heavy atom. The molecule has 3 N–H and O–H groups in total. The molecule has 96 valence electrons. The molecule has 1 heterocycles. The Hall–Kier alpha value is -1.81. The first-order valence-corrected chi connectivity index (χ1v) is 6.24. The molecule has 1 aromatic heterocycles. The van der Waals surface area contributed by atoms with E-state index in [2.05, 4.69) is 16.5 Å². The number of aryl methyl sites for hydroxylation is 1. The summed E-state index contributed by atoms with van der Waals surface area (Å²) in [4.78, 5) is 4.29. The van der Waals surface area contributed by atoms with E-state index in [1.54, 1.807) is 12.3 Å². The Bertz CT molecular complexity index is 507. The first-order chi connectivity index (χ1) is 8.70. The zero-order valence-corrected chi connectivity index (χ0v) is 10.6. The SMILES string of the molecule is CCCn1ccnc1CC(O)c1cccc(N)c1. The summed E-state index contributed by atoms with van der Waals surface area (Å²) in [6.07, 6.45) is 4.72. The van der Waals surface area contributed by atoms with Gasteiger partial charge in [0.2, 0.25) is 0 Å². The Morgan fingerprint density at radius 1 is 1.44 bits per heavy atom. The first-order valence-electron chi connectivity index (χ1n) is 6.24. The first kappa shape index (κ1) is 12.6. The minimum absolute atomic E-state index is 0.510. The number of anilines is 1. The van der Waals surface area contributed by atoms with Crippen molar-refractivity contribution in [1.29, 1.82) is 0 Å². The number of benzene rings is 1. The highest BCUT2D eigenvalue weighted by Gasteiger charge is 2.12. The lowest BCUT2D eigenvalue weighted by atomic mass is 10.1. The molecule has 1 atom stereocenters. The molecule has 0 amide bonds. The summed E-state index contributed by atoms with van der Waals surface area (Å²) >= 11 is 0. The van der Waals surface area contributed by atoms with Gasteiger partial charge >= 0.3 is 0 Å². The number of rotatable bonds is 5. The maximum Gasteiger partial charge on any atom is 0.111 e. The van der Waals surface area contributed by atoms with Crippen molar-refractivity contribution in [1.82, 2.24) is 9.55 Å². The highest BCUT2D eigenvalue weighted by Crippen LogP contribution is 2.19. The van der Waals surface area contributed by atoms with Gasteiger partial charge in [-0.3, -0.25) is 0 Å². The predicted octanol–water partition coefficient (Wildman–Crippen LogP) is 2.15. The fourth-order valence-electron chi connectivity index (χ4n) is 2.03. The van der Waals surface area contributed by atoms with Gasteiger partial charge in [-0.15, -0.1) is 0 Å². The number of imidazole rings is 1. The number of hydrogen-bond donors (Lipinski definition) is 2. The van der Waals surface area contributed by atoms with Crippen molar-refractivity contribution < 1.29 is 5.11 Å². The molecular formula is C14H19N3O. The molecule has 0 aliphatic rings. The van der Waals surface area contributed by atoms with E-state index >= 15 is 0 Å². The Balaban J connectivity index is 2.11. The molecule has 1 unspecified atom stereocenters. The van der Waals surface area contributed by atoms with E-state index < -0.39 is 6.10 Å². The average molecular weight is 245 g/mol. The van der Waals surface area contributed by atoms with Crippen LogP contribution in [-0.4, -0.2) is 14.7 Å². The standard InChI is InChI=1S/C14H19N3O/c1-2-7-17-8-6-16-14(17)10-13(18)11-4-3-5-12(15)9-11/h3-6,8-9,13,18H,2,7,10,15H2,1H3. The van der Waals surface area contributed by atoms with Crippen LogP contribution in [0.25, 0.3) is 0 Å². The van der Waals surface area contributed by atoms with E-state index in [-0.39, 0.29) is 0 Å². The summed E-state index contributed by atoms with van der Waals surface area (Å²) in [6.45, 7) is 3.05. The molecule has 0 bridgehead atoms. The highest BCUT2D eigenvalue weighted by atomic mass is 16.3. The molecule has 0 fully saturated rings. The summed E-state index contributed by atoms with van der Waals surface area (Å²) in [5.74, 6) is 0.909. The van der Waals surface area contributed by atoms with Crippen molar-refractivity contribution >= 4 is 5.69 Å². The largest absolute Gasteiger partial charge is 0.399 e. The average Bonchev–Trinajstić information content (AvgIpc) is 2.77. The molecule has 4 nitrogen and oxygen atoms in total. The minimum atomic E-state index is -0.563. The molecule has 2 aromatic rings. The van der Waals surface area contributed by atoms with Crippen molar-refractivity contribution in [3.63, 3.8) is 0 Å². The molecule has 2 rings (SSSR count). The molecule has 0 saturated heterocycles. The molecule has 0 radical (unpaired) electrons. The second kappa shape index (κ2) is 5.69. The summed E-state index contributed by atoms with van der Waals surface area (Å²) in [7, 11) is 0. The smallest absolute Gasteiger partial charge is 0.111 e. The van der Waals surface area contributed by atoms with Crippen molar-refractivity contribution in [2.24, 2.45) is 0 Å². The van der Waals surface area contributed by atoms with Gasteiger partial charge in [-0.05, 0) is 24.1 Å². The fourth-order valence-corrected chi connectivity index (χ4v) is 2.03. The highest BCUT2D eigenvalue weighted by molar-refractivity contribution is 5.41. The summed E-state index contributed by atoms with van der Waals surface area (Å²) in [5, 5.41) is 10.2. The monoisotopic (exact) mass is 245 g/mol. The third-order valence-electron chi connectivity index (χ3n) is 2.94. The van der Waals surface area contributed by atoms with E-state index in [9.17, 15) is 5.11 Å². The molecule has 18 heavy (non-hydrogen) atoms. The summed E-state index contributed by atoms with van der Waals surface area (Å²) < 4.78 is 2.08. The van der Waals surface area contributed by atoms with E-state index in [1.165, 1.54) is 0 Å². The number of nitrogen functional groups attached to an aromatic ring is 1. The number of nitrogens with two attached hydrogens (primary N) is 1. The Kier molecular flexibility index (Phi) is 3.99.